The molecular formula is C9H7Cl2. The molecule has 2 heteroatoms. The number of halogens is 2. The molecule has 0 spiro atoms. The molecule has 0 aromatic heterocycles. The van der Waals surface area contributed by atoms with Gasteiger partial charge in [0.2, 0.25) is 0 Å². The molecule has 1 aromatic carbocycles. The molecule has 0 atom stereocenters. The second-order valence-electron chi connectivity index (χ2n) is 2.70. The number of fused-ring (bicyclic) bond motifs is 1. The minimum absolute atomic E-state index is 0.740. The minimum atomic E-state index is 0.740. The number of hydrogen-bond acceptors (Lipinski definition) is 0. The summed E-state index contributed by atoms with van der Waals surface area (Å²) in [7, 11) is 0. The fraction of sp³-hybridized carbons (Fsp3) is 0.222. The molecule has 0 saturated carbocycles. The van der Waals surface area contributed by atoms with Crippen LogP contribution in [0.4, 0.5) is 0 Å². The molecule has 57 valence electrons. The summed E-state index contributed by atoms with van der Waals surface area (Å²) in [6.07, 6.45) is 4.33. The highest BCUT2D eigenvalue weighted by Crippen LogP contribution is 2.32. The van der Waals surface area contributed by atoms with Gasteiger partial charge >= 0.3 is 0 Å². The first-order valence-corrected chi connectivity index (χ1v) is 4.34. The van der Waals surface area contributed by atoms with Gasteiger partial charge in [-0.05, 0) is 42.5 Å². The predicted molar refractivity (Wildman–Crippen MR) is 48.2 cm³/mol. The van der Waals surface area contributed by atoms with Crippen LogP contribution >= 0.6 is 23.2 Å². The summed E-state index contributed by atoms with van der Waals surface area (Å²) < 4.78 is 0. The number of rotatable bonds is 0. The van der Waals surface area contributed by atoms with Crippen molar-refractivity contribution in [2.45, 2.75) is 12.8 Å². The Bertz CT molecular complexity index is 292. The highest BCUT2D eigenvalue weighted by atomic mass is 35.5. The van der Waals surface area contributed by atoms with Crippen LogP contribution in [0.1, 0.15) is 17.5 Å². The molecule has 0 aliphatic heterocycles. The third-order valence-electron chi connectivity index (χ3n) is 1.94. The topological polar surface area (TPSA) is 0 Å². The zero-order valence-electron chi connectivity index (χ0n) is 5.90. The van der Waals surface area contributed by atoms with Crippen molar-refractivity contribution in [2.24, 2.45) is 0 Å². The molecule has 0 bridgehead atoms. The van der Waals surface area contributed by atoms with E-state index in [2.05, 4.69) is 6.42 Å². The first kappa shape index (κ1) is 7.45. The standard InChI is InChI=1S/C9H7Cl2/c10-7-4-6-2-1-3-8(6)9(11)5-7/h3-5H,1-2H2. The Hall–Kier alpha value is -0.200. The van der Waals surface area contributed by atoms with Crippen molar-refractivity contribution in [3.05, 3.63) is 39.7 Å². The molecule has 0 amide bonds. The van der Waals surface area contributed by atoms with E-state index in [0.717, 1.165) is 22.9 Å². The third kappa shape index (κ3) is 1.25. The summed E-state index contributed by atoms with van der Waals surface area (Å²) in [5, 5.41) is 1.52. The van der Waals surface area contributed by atoms with Gasteiger partial charge in [0.05, 0.1) is 0 Å². The first-order valence-electron chi connectivity index (χ1n) is 3.58. The molecule has 0 unspecified atom stereocenters. The van der Waals surface area contributed by atoms with Crippen LogP contribution < -0.4 is 0 Å². The lowest BCUT2D eigenvalue weighted by Crippen LogP contribution is -1.81. The Labute approximate surface area is 76.1 Å². The lowest BCUT2D eigenvalue weighted by atomic mass is 10.1. The number of benzene rings is 1. The van der Waals surface area contributed by atoms with Gasteiger partial charge in [-0.1, -0.05) is 23.2 Å². The fourth-order valence-corrected chi connectivity index (χ4v) is 2.06. The first-order chi connectivity index (χ1) is 5.27. The second kappa shape index (κ2) is 2.69. The molecule has 1 aliphatic carbocycles. The van der Waals surface area contributed by atoms with Gasteiger partial charge in [0.25, 0.3) is 0 Å². The molecular weight excluding hydrogens is 179 g/mol. The molecule has 0 fully saturated rings. The van der Waals surface area contributed by atoms with Crippen LogP contribution in [-0.2, 0) is 6.42 Å². The smallest absolute Gasteiger partial charge is 0.0458 e. The van der Waals surface area contributed by atoms with E-state index in [1.165, 1.54) is 11.1 Å². The van der Waals surface area contributed by atoms with Crippen LogP contribution in [0.25, 0.3) is 0 Å². The molecule has 0 saturated heterocycles. The van der Waals surface area contributed by atoms with E-state index in [1.807, 2.05) is 6.07 Å². The maximum Gasteiger partial charge on any atom is 0.0458 e. The maximum absolute atomic E-state index is 5.96. The average molecular weight is 186 g/mol. The van der Waals surface area contributed by atoms with E-state index in [1.54, 1.807) is 6.07 Å². The van der Waals surface area contributed by atoms with Gasteiger partial charge in [-0.15, -0.1) is 0 Å². The van der Waals surface area contributed by atoms with Crippen molar-refractivity contribution in [1.82, 2.24) is 0 Å². The van der Waals surface area contributed by atoms with Crippen molar-refractivity contribution in [2.75, 3.05) is 0 Å². The highest BCUT2D eigenvalue weighted by molar-refractivity contribution is 6.35. The van der Waals surface area contributed by atoms with Crippen molar-refractivity contribution < 1.29 is 0 Å². The fourth-order valence-electron chi connectivity index (χ4n) is 1.45. The molecule has 0 heterocycles. The maximum atomic E-state index is 5.96. The van der Waals surface area contributed by atoms with Gasteiger partial charge in [0.15, 0.2) is 0 Å². The molecule has 2 rings (SSSR count). The Kier molecular flexibility index (Phi) is 1.82. The van der Waals surface area contributed by atoms with E-state index in [4.69, 9.17) is 23.2 Å². The summed E-state index contributed by atoms with van der Waals surface area (Å²) in [4.78, 5) is 0. The van der Waals surface area contributed by atoms with Gasteiger partial charge < -0.3 is 0 Å². The average Bonchev–Trinajstić information content (AvgIpc) is 2.34. The molecule has 1 aromatic rings. The molecule has 1 aliphatic rings. The monoisotopic (exact) mass is 185 g/mol. The summed E-state index contributed by atoms with van der Waals surface area (Å²) in [6, 6.07) is 3.79. The zero-order valence-corrected chi connectivity index (χ0v) is 7.41. The Morgan fingerprint density at radius 3 is 2.82 bits per heavy atom. The molecule has 11 heavy (non-hydrogen) atoms. The minimum Gasteiger partial charge on any atom is -0.0843 e. The molecule has 1 radical (unpaired) electrons. The Morgan fingerprint density at radius 2 is 2.00 bits per heavy atom. The van der Waals surface area contributed by atoms with Gasteiger partial charge in [0, 0.05) is 10.0 Å². The van der Waals surface area contributed by atoms with Gasteiger partial charge in [-0.2, -0.15) is 0 Å². The largest absolute Gasteiger partial charge is 0.0843 e. The number of hydrogen-bond donors (Lipinski definition) is 0. The second-order valence-corrected chi connectivity index (χ2v) is 3.55. The van der Waals surface area contributed by atoms with E-state index in [-0.39, 0.29) is 0 Å². The van der Waals surface area contributed by atoms with Crippen molar-refractivity contribution >= 4 is 23.2 Å². The van der Waals surface area contributed by atoms with E-state index in [0.29, 0.717) is 0 Å². The lowest BCUT2D eigenvalue weighted by Gasteiger charge is -2.01. The van der Waals surface area contributed by atoms with Crippen LogP contribution in [-0.4, -0.2) is 0 Å². The summed E-state index contributed by atoms with van der Waals surface area (Å²) in [5.74, 6) is 0. The lowest BCUT2D eigenvalue weighted by molar-refractivity contribution is 1.03. The number of aryl methyl sites for hydroxylation is 1. The van der Waals surface area contributed by atoms with Crippen LogP contribution in [0.15, 0.2) is 12.1 Å². The van der Waals surface area contributed by atoms with E-state index < -0.39 is 0 Å². The predicted octanol–water partition coefficient (Wildman–Crippen LogP) is 3.49. The SMILES string of the molecule is Clc1cc(Cl)c2c(c1)CC[CH]2. The van der Waals surface area contributed by atoms with Crippen LogP contribution in [0.3, 0.4) is 0 Å². The van der Waals surface area contributed by atoms with Crippen molar-refractivity contribution in [1.29, 1.82) is 0 Å². The van der Waals surface area contributed by atoms with Crippen molar-refractivity contribution in [3.63, 3.8) is 0 Å². The molecule has 0 nitrogen and oxygen atoms in total. The molecule has 0 N–H and O–H groups in total. The van der Waals surface area contributed by atoms with Gasteiger partial charge in [-0.3, -0.25) is 0 Å². The van der Waals surface area contributed by atoms with Gasteiger partial charge in [-0.25, -0.2) is 0 Å². The summed E-state index contributed by atoms with van der Waals surface area (Å²) in [5.41, 5.74) is 2.46. The van der Waals surface area contributed by atoms with Crippen LogP contribution in [0.5, 0.6) is 0 Å². The third-order valence-corrected chi connectivity index (χ3v) is 2.47. The quantitative estimate of drug-likeness (QED) is 0.581. The summed E-state index contributed by atoms with van der Waals surface area (Å²) in [6.45, 7) is 0. The summed E-state index contributed by atoms with van der Waals surface area (Å²) >= 11 is 11.8. The van der Waals surface area contributed by atoms with E-state index in [9.17, 15) is 0 Å². The normalized spacial score (nSPS) is 15.1. The highest BCUT2D eigenvalue weighted by Gasteiger charge is 2.14. The van der Waals surface area contributed by atoms with Gasteiger partial charge in [0.1, 0.15) is 0 Å². The Morgan fingerprint density at radius 1 is 1.18 bits per heavy atom. The van der Waals surface area contributed by atoms with E-state index >= 15 is 0 Å². The zero-order chi connectivity index (χ0) is 7.84. The van der Waals surface area contributed by atoms with Crippen molar-refractivity contribution in [3.8, 4) is 0 Å². The Balaban J connectivity index is 2.60. The van der Waals surface area contributed by atoms with Crippen LogP contribution in [0.2, 0.25) is 10.0 Å². The van der Waals surface area contributed by atoms with Crippen LogP contribution in [0, 0.1) is 6.42 Å².